The number of nitrogens with one attached hydrogen (secondary N) is 1. The molecule has 128 valence electrons. The maximum Gasteiger partial charge on any atom is 0.231 e. The molecule has 0 aromatic heterocycles. The van der Waals surface area contributed by atoms with E-state index in [-0.39, 0.29) is 5.91 Å². The van der Waals surface area contributed by atoms with E-state index in [1.165, 1.54) is 11.4 Å². The first kappa shape index (κ1) is 17.7. The maximum atomic E-state index is 12.2. The zero-order chi connectivity index (χ0) is 17.0. The predicted octanol–water partition coefficient (Wildman–Crippen LogP) is 1.75. The van der Waals surface area contributed by atoms with Gasteiger partial charge < -0.3 is 10.2 Å². The van der Waals surface area contributed by atoms with Gasteiger partial charge in [0.25, 0.3) is 0 Å². The Morgan fingerprint density at radius 2 is 2.00 bits per heavy atom. The summed E-state index contributed by atoms with van der Waals surface area (Å²) in [4.78, 5) is 14.5. The number of likely N-dealkylation sites (tertiary alicyclic amines) is 1. The van der Waals surface area contributed by atoms with Gasteiger partial charge in [-0.2, -0.15) is 0 Å². The van der Waals surface area contributed by atoms with Gasteiger partial charge in [0, 0.05) is 19.2 Å². The summed E-state index contributed by atoms with van der Waals surface area (Å²) in [5, 5.41) is 2.87. The first-order valence-corrected chi connectivity index (χ1v) is 9.63. The van der Waals surface area contributed by atoms with Crippen LogP contribution in [0.15, 0.2) is 24.3 Å². The normalized spacial score (nSPS) is 17.0. The Balaban J connectivity index is 1.96. The van der Waals surface area contributed by atoms with Gasteiger partial charge in [-0.1, -0.05) is 6.07 Å². The summed E-state index contributed by atoms with van der Waals surface area (Å²) >= 11 is 0. The summed E-state index contributed by atoms with van der Waals surface area (Å²) in [6.45, 7) is 2.07. The van der Waals surface area contributed by atoms with Crippen molar-refractivity contribution in [3.63, 3.8) is 0 Å². The second-order valence-electron chi connectivity index (χ2n) is 6.28. The lowest BCUT2D eigenvalue weighted by molar-refractivity contribution is -0.117. The van der Waals surface area contributed by atoms with Gasteiger partial charge in [-0.05, 0) is 57.1 Å². The number of hydrogen-bond acceptors (Lipinski definition) is 4. The summed E-state index contributed by atoms with van der Waals surface area (Å²) in [5.74, 6) is 0.409. The third kappa shape index (κ3) is 5.21. The molecule has 0 spiro atoms. The van der Waals surface area contributed by atoms with Crippen molar-refractivity contribution < 1.29 is 13.2 Å². The standard InChI is InChI=1S/C16H25N3O3S/c1-18-9-7-13(8-10-18)11-16(20)17-14-5-4-6-15(12-14)19(2)23(3,21)22/h4-6,12-13H,7-11H2,1-3H3,(H,17,20). The minimum Gasteiger partial charge on any atom is -0.326 e. The number of carbonyl (C=O) groups is 1. The van der Waals surface area contributed by atoms with Crippen LogP contribution in [0.4, 0.5) is 11.4 Å². The van der Waals surface area contributed by atoms with Gasteiger partial charge >= 0.3 is 0 Å². The number of rotatable bonds is 5. The number of sulfonamides is 1. The lowest BCUT2D eigenvalue weighted by Crippen LogP contribution is -2.32. The number of hydrogen-bond donors (Lipinski definition) is 1. The van der Waals surface area contributed by atoms with Crippen LogP contribution in [0.3, 0.4) is 0 Å². The van der Waals surface area contributed by atoms with E-state index in [0.29, 0.717) is 23.7 Å². The van der Waals surface area contributed by atoms with Gasteiger partial charge in [0.15, 0.2) is 0 Å². The van der Waals surface area contributed by atoms with Crippen LogP contribution in [-0.2, 0) is 14.8 Å². The molecule has 0 unspecified atom stereocenters. The molecule has 1 aromatic carbocycles. The highest BCUT2D eigenvalue weighted by Gasteiger charge is 2.20. The average Bonchev–Trinajstić information content (AvgIpc) is 2.48. The summed E-state index contributed by atoms with van der Waals surface area (Å²) in [7, 11) is 0.279. The van der Waals surface area contributed by atoms with Crippen molar-refractivity contribution in [2.75, 3.05) is 43.1 Å². The molecule has 0 radical (unpaired) electrons. The number of carbonyl (C=O) groups excluding carboxylic acids is 1. The number of amides is 1. The van der Waals surface area contributed by atoms with Crippen LogP contribution in [0.25, 0.3) is 0 Å². The van der Waals surface area contributed by atoms with Crippen molar-refractivity contribution >= 4 is 27.3 Å². The molecular weight excluding hydrogens is 314 g/mol. The molecule has 0 saturated carbocycles. The van der Waals surface area contributed by atoms with Crippen LogP contribution in [0.5, 0.6) is 0 Å². The number of piperidine rings is 1. The van der Waals surface area contributed by atoms with Crippen molar-refractivity contribution in [1.29, 1.82) is 0 Å². The minimum atomic E-state index is -3.31. The molecule has 1 N–H and O–H groups in total. The molecule has 1 amide bonds. The Kier molecular flexibility index (Phi) is 5.64. The van der Waals surface area contributed by atoms with Gasteiger partial charge in [-0.15, -0.1) is 0 Å². The smallest absolute Gasteiger partial charge is 0.231 e. The van der Waals surface area contributed by atoms with Gasteiger partial charge in [-0.25, -0.2) is 8.42 Å². The molecule has 1 aliphatic rings. The fourth-order valence-electron chi connectivity index (χ4n) is 2.71. The molecule has 1 heterocycles. The summed E-state index contributed by atoms with van der Waals surface area (Å²) < 4.78 is 24.4. The Bertz CT molecular complexity index is 652. The highest BCUT2D eigenvalue weighted by molar-refractivity contribution is 7.92. The highest BCUT2D eigenvalue weighted by atomic mass is 32.2. The number of benzene rings is 1. The van der Waals surface area contributed by atoms with Crippen molar-refractivity contribution in [1.82, 2.24) is 4.90 Å². The third-order valence-electron chi connectivity index (χ3n) is 4.30. The van der Waals surface area contributed by atoms with Gasteiger partial charge in [0.2, 0.25) is 15.9 Å². The second-order valence-corrected chi connectivity index (χ2v) is 8.29. The maximum absolute atomic E-state index is 12.2. The lowest BCUT2D eigenvalue weighted by atomic mass is 9.93. The number of nitrogens with zero attached hydrogens (tertiary/aromatic N) is 2. The first-order valence-electron chi connectivity index (χ1n) is 7.78. The largest absolute Gasteiger partial charge is 0.326 e. The molecule has 0 bridgehead atoms. The lowest BCUT2D eigenvalue weighted by Gasteiger charge is -2.28. The summed E-state index contributed by atoms with van der Waals surface area (Å²) in [6, 6.07) is 6.88. The van der Waals surface area contributed by atoms with E-state index in [4.69, 9.17) is 0 Å². The minimum absolute atomic E-state index is 0.0151. The Labute approximate surface area is 138 Å². The zero-order valence-electron chi connectivity index (χ0n) is 13.9. The summed E-state index contributed by atoms with van der Waals surface area (Å²) in [6.07, 6.45) is 3.75. The van der Waals surface area contributed by atoms with Crippen LogP contribution in [-0.4, -0.2) is 52.7 Å². The number of anilines is 2. The molecule has 1 aromatic rings. The topological polar surface area (TPSA) is 69.7 Å². The monoisotopic (exact) mass is 339 g/mol. The molecule has 1 aliphatic heterocycles. The van der Waals surface area contributed by atoms with Crippen molar-refractivity contribution in [3.05, 3.63) is 24.3 Å². The van der Waals surface area contributed by atoms with E-state index >= 15 is 0 Å². The fraction of sp³-hybridized carbons (Fsp3) is 0.562. The Morgan fingerprint density at radius 3 is 2.61 bits per heavy atom. The van der Waals surface area contributed by atoms with Gasteiger partial charge in [0.1, 0.15) is 0 Å². The first-order chi connectivity index (χ1) is 10.8. The molecular formula is C16H25N3O3S. The molecule has 23 heavy (non-hydrogen) atoms. The van der Waals surface area contributed by atoms with Crippen LogP contribution in [0, 0.1) is 5.92 Å². The van der Waals surface area contributed by atoms with E-state index in [1.807, 2.05) is 0 Å². The predicted molar refractivity (Wildman–Crippen MR) is 93.2 cm³/mol. The van der Waals surface area contributed by atoms with Crippen LogP contribution in [0.1, 0.15) is 19.3 Å². The van der Waals surface area contributed by atoms with Crippen LogP contribution < -0.4 is 9.62 Å². The van der Waals surface area contributed by atoms with E-state index in [0.717, 1.165) is 32.2 Å². The van der Waals surface area contributed by atoms with Crippen molar-refractivity contribution in [3.8, 4) is 0 Å². The Morgan fingerprint density at radius 1 is 1.35 bits per heavy atom. The van der Waals surface area contributed by atoms with Crippen LogP contribution >= 0.6 is 0 Å². The van der Waals surface area contributed by atoms with E-state index in [1.54, 1.807) is 24.3 Å². The van der Waals surface area contributed by atoms with Crippen LogP contribution in [0.2, 0.25) is 0 Å². The fourth-order valence-corrected chi connectivity index (χ4v) is 3.21. The van der Waals surface area contributed by atoms with Gasteiger partial charge in [0.05, 0.1) is 11.9 Å². The molecule has 0 atom stereocenters. The van der Waals surface area contributed by atoms with Crippen molar-refractivity contribution in [2.45, 2.75) is 19.3 Å². The molecule has 1 fully saturated rings. The average molecular weight is 339 g/mol. The van der Waals surface area contributed by atoms with E-state index in [9.17, 15) is 13.2 Å². The highest BCUT2D eigenvalue weighted by Crippen LogP contribution is 2.23. The summed E-state index contributed by atoms with van der Waals surface area (Å²) in [5.41, 5.74) is 1.15. The third-order valence-corrected chi connectivity index (χ3v) is 5.51. The quantitative estimate of drug-likeness (QED) is 0.887. The molecule has 7 heteroatoms. The second kappa shape index (κ2) is 7.31. The Hall–Kier alpha value is -1.60. The van der Waals surface area contributed by atoms with E-state index in [2.05, 4.69) is 17.3 Å². The molecule has 2 rings (SSSR count). The molecule has 1 saturated heterocycles. The van der Waals surface area contributed by atoms with E-state index < -0.39 is 10.0 Å². The zero-order valence-corrected chi connectivity index (χ0v) is 14.8. The SMILES string of the molecule is CN1CCC(CC(=O)Nc2cccc(N(C)S(C)(=O)=O)c2)CC1. The van der Waals surface area contributed by atoms with Gasteiger partial charge in [-0.3, -0.25) is 9.10 Å². The molecule has 0 aliphatic carbocycles. The molecule has 6 nitrogen and oxygen atoms in total. The van der Waals surface area contributed by atoms with Crippen molar-refractivity contribution in [2.24, 2.45) is 5.92 Å².